The maximum Gasteiger partial charge on any atom is 0.255 e. The molecule has 0 fully saturated rings. The van der Waals surface area contributed by atoms with Crippen LogP contribution in [0.15, 0.2) is 53.1 Å². The zero-order valence-electron chi connectivity index (χ0n) is 13.5. The highest BCUT2D eigenvalue weighted by atomic mass is 19.1. The number of para-hydroxylation sites is 1. The van der Waals surface area contributed by atoms with Crippen molar-refractivity contribution in [2.45, 2.75) is 6.42 Å². The van der Waals surface area contributed by atoms with Gasteiger partial charge in [-0.1, -0.05) is 29.4 Å². The van der Waals surface area contributed by atoms with Crippen molar-refractivity contribution in [2.24, 2.45) is 0 Å². The monoisotopic (exact) mass is 341 g/mol. The number of benzene rings is 2. The maximum absolute atomic E-state index is 13.7. The van der Waals surface area contributed by atoms with Crippen molar-refractivity contribution in [3.05, 3.63) is 65.8 Å². The summed E-state index contributed by atoms with van der Waals surface area (Å²) < 4.78 is 24.0. The third kappa shape index (κ3) is 3.82. The zero-order chi connectivity index (χ0) is 17.6. The number of carbonyl (C=O) groups is 1. The lowest BCUT2D eigenvalue weighted by molar-refractivity contribution is 0.0950. The molecule has 0 aliphatic heterocycles. The molecule has 128 valence electrons. The number of halogens is 1. The molecule has 0 aliphatic rings. The molecular weight excluding hydrogens is 325 g/mol. The van der Waals surface area contributed by atoms with Gasteiger partial charge in [0.15, 0.2) is 0 Å². The Labute approximate surface area is 143 Å². The number of ether oxygens (including phenoxy) is 1. The summed E-state index contributed by atoms with van der Waals surface area (Å²) in [6.07, 6.45) is 0.336. The Bertz CT molecular complexity index is 879. The summed E-state index contributed by atoms with van der Waals surface area (Å²) in [6.45, 7) is 0.301. The smallest absolute Gasteiger partial charge is 0.255 e. The first-order valence-electron chi connectivity index (χ1n) is 7.67. The van der Waals surface area contributed by atoms with Gasteiger partial charge in [-0.2, -0.15) is 4.98 Å². The average Bonchev–Trinajstić information content (AvgIpc) is 3.10. The highest BCUT2D eigenvalue weighted by Gasteiger charge is 2.14. The van der Waals surface area contributed by atoms with Gasteiger partial charge >= 0.3 is 0 Å². The quantitative estimate of drug-likeness (QED) is 0.746. The average molecular weight is 341 g/mol. The van der Waals surface area contributed by atoms with Crippen LogP contribution >= 0.6 is 0 Å². The number of nitrogens with zero attached hydrogens (tertiary/aromatic N) is 2. The first-order chi connectivity index (χ1) is 12.2. The van der Waals surface area contributed by atoms with E-state index in [4.69, 9.17) is 9.26 Å². The SMILES string of the molecule is COc1ccccc1C(=O)NCCc1nc(-c2ccccc2F)no1. The summed E-state index contributed by atoms with van der Waals surface area (Å²) in [7, 11) is 1.51. The van der Waals surface area contributed by atoms with Crippen LogP contribution in [0, 0.1) is 5.82 Å². The van der Waals surface area contributed by atoms with Gasteiger partial charge in [-0.25, -0.2) is 4.39 Å². The number of carbonyl (C=O) groups excluding carboxylic acids is 1. The van der Waals surface area contributed by atoms with Crippen LogP contribution < -0.4 is 10.1 Å². The summed E-state index contributed by atoms with van der Waals surface area (Å²) in [4.78, 5) is 16.3. The van der Waals surface area contributed by atoms with Crippen LogP contribution in [-0.2, 0) is 6.42 Å². The number of amides is 1. The van der Waals surface area contributed by atoms with Gasteiger partial charge < -0.3 is 14.6 Å². The fourth-order valence-corrected chi connectivity index (χ4v) is 2.32. The van der Waals surface area contributed by atoms with Crippen molar-refractivity contribution >= 4 is 5.91 Å². The predicted octanol–water partition coefficient (Wildman–Crippen LogP) is 2.86. The van der Waals surface area contributed by atoms with Gasteiger partial charge in [-0.3, -0.25) is 4.79 Å². The Kier molecular flexibility index (Phi) is 5.03. The predicted molar refractivity (Wildman–Crippen MR) is 88.7 cm³/mol. The lowest BCUT2D eigenvalue weighted by atomic mass is 10.2. The third-order valence-electron chi connectivity index (χ3n) is 3.56. The van der Waals surface area contributed by atoms with Gasteiger partial charge in [0.2, 0.25) is 11.7 Å². The van der Waals surface area contributed by atoms with E-state index in [1.807, 2.05) is 0 Å². The minimum atomic E-state index is -0.417. The number of nitrogens with one attached hydrogen (secondary N) is 1. The molecular formula is C18H16FN3O3. The van der Waals surface area contributed by atoms with Crippen molar-refractivity contribution in [3.63, 3.8) is 0 Å². The molecule has 1 amide bonds. The van der Waals surface area contributed by atoms with Crippen LogP contribution in [0.2, 0.25) is 0 Å². The van der Waals surface area contributed by atoms with E-state index in [0.29, 0.717) is 30.2 Å². The Morgan fingerprint density at radius 2 is 1.96 bits per heavy atom. The molecule has 0 bridgehead atoms. The highest BCUT2D eigenvalue weighted by Crippen LogP contribution is 2.19. The van der Waals surface area contributed by atoms with Crippen molar-refractivity contribution in [1.29, 1.82) is 0 Å². The van der Waals surface area contributed by atoms with Crippen molar-refractivity contribution in [2.75, 3.05) is 13.7 Å². The normalized spacial score (nSPS) is 10.5. The molecule has 1 aromatic heterocycles. The highest BCUT2D eigenvalue weighted by molar-refractivity contribution is 5.96. The first-order valence-corrected chi connectivity index (χ1v) is 7.67. The second-order valence-corrected chi connectivity index (χ2v) is 5.20. The van der Waals surface area contributed by atoms with Gasteiger partial charge in [0.05, 0.1) is 18.2 Å². The molecule has 7 heteroatoms. The molecule has 0 saturated heterocycles. The second-order valence-electron chi connectivity index (χ2n) is 5.20. The van der Waals surface area contributed by atoms with Crippen LogP contribution in [0.4, 0.5) is 4.39 Å². The number of methoxy groups -OCH3 is 1. The molecule has 3 rings (SSSR count). The van der Waals surface area contributed by atoms with Gasteiger partial charge in [0, 0.05) is 13.0 Å². The Morgan fingerprint density at radius 1 is 1.20 bits per heavy atom. The van der Waals surface area contributed by atoms with E-state index in [0.717, 1.165) is 0 Å². The molecule has 0 saturated carbocycles. The molecule has 2 aromatic carbocycles. The molecule has 0 spiro atoms. The zero-order valence-corrected chi connectivity index (χ0v) is 13.5. The Balaban J connectivity index is 1.60. The standard InChI is InChI=1S/C18H16FN3O3/c1-24-15-9-5-3-7-13(15)18(23)20-11-10-16-21-17(22-25-16)12-6-2-4-8-14(12)19/h2-9H,10-11H2,1H3,(H,20,23). The minimum absolute atomic E-state index is 0.184. The van der Waals surface area contributed by atoms with Crippen LogP contribution in [0.1, 0.15) is 16.2 Å². The minimum Gasteiger partial charge on any atom is -0.496 e. The summed E-state index contributed by atoms with van der Waals surface area (Å²) >= 11 is 0. The molecule has 0 radical (unpaired) electrons. The van der Waals surface area contributed by atoms with Crippen molar-refractivity contribution < 1.29 is 18.4 Å². The summed E-state index contributed by atoms with van der Waals surface area (Å²) in [6, 6.07) is 13.1. The molecule has 0 unspecified atom stereocenters. The van der Waals surface area contributed by atoms with E-state index in [1.54, 1.807) is 42.5 Å². The first kappa shape index (κ1) is 16.6. The lowest BCUT2D eigenvalue weighted by Gasteiger charge is -2.08. The number of hydrogen-bond acceptors (Lipinski definition) is 5. The number of aromatic nitrogens is 2. The molecule has 0 aliphatic carbocycles. The number of rotatable bonds is 6. The molecule has 3 aromatic rings. The van der Waals surface area contributed by atoms with Gasteiger partial charge in [-0.15, -0.1) is 0 Å². The van der Waals surface area contributed by atoms with Crippen LogP contribution in [-0.4, -0.2) is 29.7 Å². The van der Waals surface area contributed by atoms with E-state index in [-0.39, 0.29) is 17.3 Å². The molecule has 25 heavy (non-hydrogen) atoms. The fraction of sp³-hybridized carbons (Fsp3) is 0.167. The second kappa shape index (κ2) is 7.57. The van der Waals surface area contributed by atoms with Crippen LogP contribution in [0.25, 0.3) is 11.4 Å². The largest absolute Gasteiger partial charge is 0.496 e. The lowest BCUT2D eigenvalue weighted by Crippen LogP contribution is -2.26. The number of hydrogen-bond donors (Lipinski definition) is 1. The Morgan fingerprint density at radius 3 is 2.76 bits per heavy atom. The molecule has 1 heterocycles. The maximum atomic E-state index is 13.7. The fourth-order valence-electron chi connectivity index (χ4n) is 2.32. The van der Waals surface area contributed by atoms with Gasteiger partial charge in [0.25, 0.3) is 5.91 Å². The van der Waals surface area contributed by atoms with Gasteiger partial charge in [-0.05, 0) is 24.3 Å². The van der Waals surface area contributed by atoms with E-state index in [1.165, 1.54) is 13.2 Å². The van der Waals surface area contributed by atoms with E-state index < -0.39 is 5.82 Å². The molecule has 1 N–H and O–H groups in total. The third-order valence-corrected chi connectivity index (χ3v) is 3.56. The van der Waals surface area contributed by atoms with E-state index >= 15 is 0 Å². The van der Waals surface area contributed by atoms with E-state index in [9.17, 15) is 9.18 Å². The van der Waals surface area contributed by atoms with E-state index in [2.05, 4.69) is 15.5 Å². The van der Waals surface area contributed by atoms with Gasteiger partial charge in [0.1, 0.15) is 11.6 Å². The van der Waals surface area contributed by atoms with Crippen molar-refractivity contribution in [3.8, 4) is 17.1 Å². The van der Waals surface area contributed by atoms with Crippen LogP contribution in [0.3, 0.4) is 0 Å². The Hall–Kier alpha value is -3.22. The summed E-state index contributed by atoms with van der Waals surface area (Å²) in [5.74, 6) is 0.327. The molecule has 6 nitrogen and oxygen atoms in total. The summed E-state index contributed by atoms with van der Waals surface area (Å²) in [5.41, 5.74) is 0.720. The molecule has 0 atom stereocenters. The van der Waals surface area contributed by atoms with Crippen molar-refractivity contribution in [1.82, 2.24) is 15.5 Å². The van der Waals surface area contributed by atoms with Crippen LogP contribution in [0.5, 0.6) is 5.75 Å². The summed E-state index contributed by atoms with van der Waals surface area (Å²) in [5, 5.41) is 6.53. The topological polar surface area (TPSA) is 77.2 Å².